The maximum Gasteiger partial charge on any atom is 0.222 e. The molecule has 0 aromatic heterocycles. The van der Waals surface area contributed by atoms with Gasteiger partial charge in [0.05, 0.1) is 6.04 Å². The number of ether oxygens (including phenoxy) is 1. The summed E-state index contributed by atoms with van der Waals surface area (Å²) >= 11 is 0. The normalized spacial score (nSPS) is 27.3. The van der Waals surface area contributed by atoms with Gasteiger partial charge < -0.3 is 14.5 Å². The summed E-state index contributed by atoms with van der Waals surface area (Å²) in [5.41, 5.74) is 0. The highest BCUT2D eigenvalue weighted by Gasteiger charge is 2.47. The Morgan fingerprint density at radius 2 is 1.70 bits per heavy atom. The van der Waals surface area contributed by atoms with E-state index in [9.17, 15) is 4.79 Å². The Labute approximate surface area is 182 Å². The van der Waals surface area contributed by atoms with Gasteiger partial charge in [0, 0.05) is 32.1 Å². The standard InChI is InChI=1S/C25H39N3O2/c1-19(2)28-18-23(30-22-7-5-4-6-8-22)25(28)21-11-15-27(16-12-21)24(29)17-20-9-13-26(3)14-10-20/h4-8,19-21,23,25H,9-18H2,1-3H3. The van der Waals surface area contributed by atoms with Crippen molar-refractivity contribution in [3.8, 4) is 5.75 Å². The van der Waals surface area contributed by atoms with E-state index < -0.39 is 0 Å². The topological polar surface area (TPSA) is 36.0 Å². The highest BCUT2D eigenvalue weighted by Crippen LogP contribution is 2.36. The van der Waals surface area contributed by atoms with Crippen molar-refractivity contribution in [1.82, 2.24) is 14.7 Å². The molecule has 1 amide bonds. The monoisotopic (exact) mass is 413 g/mol. The minimum Gasteiger partial charge on any atom is -0.487 e. The molecule has 5 heteroatoms. The molecule has 2 atom stereocenters. The first-order chi connectivity index (χ1) is 14.5. The first-order valence-corrected chi connectivity index (χ1v) is 11.9. The number of para-hydroxylation sites is 1. The molecular weight excluding hydrogens is 374 g/mol. The summed E-state index contributed by atoms with van der Waals surface area (Å²) in [7, 11) is 2.18. The van der Waals surface area contributed by atoms with Gasteiger partial charge in [0.1, 0.15) is 11.9 Å². The van der Waals surface area contributed by atoms with E-state index in [1.807, 2.05) is 18.2 Å². The van der Waals surface area contributed by atoms with Crippen LogP contribution in [0.3, 0.4) is 0 Å². The smallest absolute Gasteiger partial charge is 0.222 e. The molecule has 5 nitrogen and oxygen atoms in total. The predicted molar refractivity (Wildman–Crippen MR) is 121 cm³/mol. The van der Waals surface area contributed by atoms with Crippen molar-refractivity contribution < 1.29 is 9.53 Å². The third-order valence-corrected chi connectivity index (χ3v) is 7.53. The van der Waals surface area contributed by atoms with Crippen molar-refractivity contribution in [2.24, 2.45) is 11.8 Å². The van der Waals surface area contributed by atoms with Crippen LogP contribution in [-0.2, 0) is 4.79 Å². The van der Waals surface area contributed by atoms with E-state index in [0.29, 0.717) is 29.8 Å². The number of piperidine rings is 2. The van der Waals surface area contributed by atoms with E-state index in [2.05, 4.69) is 47.7 Å². The van der Waals surface area contributed by atoms with E-state index in [1.165, 1.54) is 12.8 Å². The minimum absolute atomic E-state index is 0.265. The fraction of sp³-hybridized carbons (Fsp3) is 0.720. The zero-order valence-electron chi connectivity index (χ0n) is 19.0. The van der Waals surface area contributed by atoms with E-state index in [0.717, 1.165) is 57.7 Å². The maximum atomic E-state index is 12.9. The molecule has 30 heavy (non-hydrogen) atoms. The second-order valence-corrected chi connectivity index (χ2v) is 9.92. The third kappa shape index (κ3) is 5.00. The number of amides is 1. The average Bonchev–Trinajstić information content (AvgIpc) is 2.73. The maximum absolute atomic E-state index is 12.9. The lowest BCUT2D eigenvalue weighted by Crippen LogP contribution is -2.68. The highest BCUT2D eigenvalue weighted by atomic mass is 16.5. The molecule has 0 aliphatic carbocycles. The molecule has 0 N–H and O–H groups in total. The Balaban J connectivity index is 1.29. The van der Waals surface area contributed by atoms with Gasteiger partial charge in [0.15, 0.2) is 0 Å². The van der Waals surface area contributed by atoms with Gasteiger partial charge in [0.2, 0.25) is 5.91 Å². The molecule has 0 spiro atoms. The molecule has 3 fully saturated rings. The van der Waals surface area contributed by atoms with Crippen LogP contribution in [0.15, 0.2) is 30.3 Å². The molecular formula is C25H39N3O2. The molecule has 0 bridgehead atoms. The number of rotatable bonds is 6. The molecule has 3 heterocycles. The van der Waals surface area contributed by atoms with Gasteiger partial charge in [-0.3, -0.25) is 9.69 Å². The number of carbonyl (C=O) groups is 1. The summed E-state index contributed by atoms with van der Waals surface area (Å²) in [5, 5.41) is 0. The zero-order chi connectivity index (χ0) is 21.1. The predicted octanol–water partition coefficient (Wildman–Crippen LogP) is 3.50. The van der Waals surface area contributed by atoms with Gasteiger partial charge in [-0.05, 0) is 83.6 Å². The first-order valence-electron chi connectivity index (χ1n) is 11.9. The van der Waals surface area contributed by atoms with Crippen LogP contribution < -0.4 is 4.74 Å². The van der Waals surface area contributed by atoms with Crippen molar-refractivity contribution in [3.63, 3.8) is 0 Å². The van der Waals surface area contributed by atoms with Gasteiger partial charge in [-0.15, -0.1) is 0 Å². The minimum atomic E-state index is 0.265. The number of hydrogen-bond donors (Lipinski definition) is 0. The lowest BCUT2D eigenvalue weighted by Gasteiger charge is -2.54. The molecule has 166 valence electrons. The summed E-state index contributed by atoms with van der Waals surface area (Å²) in [6, 6.07) is 11.2. The van der Waals surface area contributed by atoms with Crippen LogP contribution in [0, 0.1) is 11.8 Å². The van der Waals surface area contributed by atoms with Crippen LogP contribution >= 0.6 is 0 Å². The molecule has 4 rings (SSSR count). The van der Waals surface area contributed by atoms with Gasteiger partial charge >= 0.3 is 0 Å². The number of hydrogen-bond acceptors (Lipinski definition) is 4. The Morgan fingerprint density at radius 3 is 2.33 bits per heavy atom. The van der Waals surface area contributed by atoms with E-state index >= 15 is 0 Å². The van der Waals surface area contributed by atoms with Crippen LogP contribution in [-0.4, -0.2) is 78.6 Å². The molecule has 3 saturated heterocycles. The van der Waals surface area contributed by atoms with Gasteiger partial charge in [-0.25, -0.2) is 0 Å². The Hall–Kier alpha value is -1.59. The summed E-state index contributed by atoms with van der Waals surface area (Å²) in [4.78, 5) is 20.0. The number of nitrogens with zero attached hydrogens (tertiary/aromatic N) is 3. The number of likely N-dealkylation sites (tertiary alicyclic amines) is 3. The molecule has 1 aromatic carbocycles. The van der Waals surface area contributed by atoms with Crippen LogP contribution in [0.5, 0.6) is 5.75 Å². The van der Waals surface area contributed by atoms with Crippen molar-refractivity contribution in [1.29, 1.82) is 0 Å². The van der Waals surface area contributed by atoms with Crippen molar-refractivity contribution in [3.05, 3.63) is 30.3 Å². The molecule has 0 saturated carbocycles. The fourth-order valence-electron chi connectivity index (χ4n) is 5.56. The summed E-state index contributed by atoms with van der Waals surface area (Å²) < 4.78 is 6.35. The van der Waals surface area contributed by atoms with Gasteiger partial charge in [-0.1, -0.05) is 18.2 Å². The summed E-state index contributed by atoms with van der Waals surface area (Å²) in [6.45, 7) is 9.67. The van der Waals surface area contributed by atoms with Crippen LogP contribution in [0.4, 0.5) is 0 Å². The van der Waals surface area contributed by atoms with Crippen molar-refractivity contribution >= 4 is 5.91 Å². The largest absolute Gasteiger partial charge is 0.487 e. The second kappa shape index (κ2) is 9.69. The lowest BCUT2D eigenvalue weighted by atomic mass is 9.79. The Bertz CT molecular complexity index is 679. The molecule has 2 unspecified atom stereocenters. The lowest BCUT2D eigenvalue weighted by molar-refractivity contribution is -0.136. The summed E-state index contributed by atoms with van der Waals surface area (Å²) in [5.74, 6) is 2.55. The van der Waals surface area contributed by atoms with E-state index in [4.69, 9.17) is 4.74 Å². The Kier molecular flexibility index (Phi) is 6.99. The molecule has 1 aromatic rings. The van der Waals surface area contributed by atoms with Crippen molar-refractivity contribution in [2.45, 2.75) is 64.1 Å². The van der Waals surface area contributed by atoms with Crippen LogP contribution in [0.1, 0.15) is 46.0 Å². The van der Waals surface area contributed by atoms with Crippen molar-refractivity contribution in [2.75, 3.05) is 39.8 Å². The van der Waals surface area contributed by atoms with E-state index in [-0.39, 0.29) is 6.10 Å². The summed E-state index contributed by atoms with van der Waals surface area (Å²) in [6.07, 6.45) is 5.55. The first kappa shape index (κ1) is 21.6. The number of carbonyl (C=O) groups excluding carboxylic acids is 1. The Morgan fingerprint density at radius 1 is 1.03 bits per heavy atom. The second-order valence-electron chi connectivity index (χ2n) is 9.92. The van der Waals surface area contributed by atoms with Crippen LogP contribution in [0.25, 0.3) is 0 Å². The van der Waals surface area contributed by atoms with Crippen LogP contribution in [0.2, 0.25) is 0 Å². The number of benzene rings is 1. The third-order valence-electron chi connectivity index (χ3n) is 7.53. The zero-order valence-corrected chi connectivity index (χ0v) is 19.0. The molecule has 3 aliphatic rings. The van der Waals surface area contributed by atoms with Gasteiger partial charge in [0.25, 0.3) is 0 Å². The molecule has 3 aliphatic heterocycles. The quantitative estimate of drug-likeness (QED) is 0.715. The van der Waals surface area contributed by atoms with Gasteiger partial charge in [-0.2, -0.15) is 0 Å². The SMILES string of the molecule is CC(C)N1CC(Oc2ccccc2)C1C1CCN(C(=O)CC2CCN(C)CC2)CC1. The highest BCUT2D eigenvalue weighted by molar-refractivity contribution is 5.76. The molecule has 0 radical (unpaired) electrons. The van der Waals surface area contributed by atoms with E-state index in [1.54, 1.807) is 0 Å². The fourth-order valence-corrected chi connectivity index (χ4v) is 5.56. The average molecular weight is 414 g/mol.